The Balaban J connectivity index is 1.06. The number of nitrogens with zero attached hydrogens (tertiary/aromatic N) is 3. The lowest BCUT2D eigenvalue weighted by molar-refractivity contribution is 0.237. The molecular formula is C26H28N4O2. The van der Waals surface area contributed by atoms with Gasteiger partial charge in [-0.3, -0.25) is 9.69 Å². The summed E-state index contributed by atoms with van der Waals surface area (Å²) in [6, 6.07) is 22.3. The molecule has 0 aliphatic carbocycles. The Kier molecular flexibility index (Phi) is 6.03. The van der Waals surface area contributed by atoms with Gasteiger partial charge in [0.2, 0.25) is 11.4 Å². The smallest absolute Gasteiger partial charge is 0.249 e. The number of aromatic nitrogens is 2. The minimum Gasteiger partial charge on any atom is -0.478 e. The van der Waals surface area contributed by atoms with Crippen LogP contribution in [0.2, 0.25) is 0 Å². The molecule has 32 heavy (non-hydrogen) atoms. The van der Waals surface area contributed by atoms with Crippen LogP contribution in [-0.2, 0) is 0 Å². The Morgan fingerprint density at radius 3 is 2.56 bits per heavy atom. The first-order chi connectivity index (χ1) is 15.8. The summed E-state index contributed by atoms with van der Waals surface area (Å²) in [5, 5.41) is 3.55. The number of piperazine rings is 1. The highest BCUT2D eigenvalue weighted by molar-refractivity contribution is 5.94. The van der Waals surface area contributed by atoms with E-state index in [1.165, 1.54) is 22.5 Å². The molecule has 1 aliphatic rings. The Hall–Kier alpha value is -3.38. The zero-order valence-electron chi connectivity index (χ0n) is 18.2. The van der Waals surface area contributed by atoms with Crippen molar-refractivity contribution in [1.82, 2.24) is 14.9 Å². The van der Waals surface area contributed by atoms with Crippen LogP contribution in [0, 0.1) is 0 Å². The van der Waals surface area contributed by atoms with Gasteiger partial charge < -0.3 is 14.6 Å². The number of fused-ring (bicyclic) bond motifs is 2. The number of ether oxygens (including phenoxy) is 1. The number of nitrogens with one attached hydrogen (secondary N) is 1. The number of H-pyrrole nitrogens is 1. The molecule has 2 aromatic carbocycles. The molecule has 0 radical (unpaired) electrons. The third-order valence-electron chi connectivity index (χ3n) is 6.15. The van der Waals surface area contributed by atoms with Crippen LogP contribution in [0.1, 0.15) is 12.8 Å². The van der Waals surface area contributed by atoms with E-state index >= 15 is 0 Å². The molecule has 6 heteroatoms. The van der Waals surface area contributed by atoms with Gasteiger partial charge in [0.1, 0.15) is 5.65 Å². The number of anilines is 1. The van der Waals surface area contributed by atoms with Crippen LogP contribution in [0.4, 0.5) is 5.69 Å². The zero-order chi connectivity index (χ0) is 21.8. The van der Waals surface area contributed by atoms with Crippen molar-refractivity contribution < 1.29 is 4.74 Å². The molecule has 1 saturated heterocycles. The molecule has 0 atom stereocenters. The number of aromatic amines is 1. The van der Waals surface area contributed by atoms with Gasteiger partial charge in [0.15, 0.2) is 0 Å². The maximum absolute atomic E-state index is 11.5. The molecule has 4 aromatic rings. The molecule has 1 aliphatic heterocycles. The Morgan fingerprint density at radius 2 is 1.66 bits per heavy atom. The largest absolute Gasteiger partial charge is 0.478 e. The van der Waals surface area contributed by atoms with Crippen molar-refractivity contribution >= 4 is 27.5 Å². The summed E-state index contributed by atoms with van der Waals surface area (Å²) in [6.45, 7) is 6.01. The van der Waals surface area contributed by atoms with Gasteiger partial charge in [-0.15, -0.1) is 0 Å². The van der Waals surface area contributed by atoms with Crippen molar-refractivity contribution in [3.63, 3.8) is 0 Å². The summed E-state index contributed by atoms with van der Waals surface area (Å²) in [5.74, 6) is 0.558. The maximum Gasteiger partial charge on any atom is 0.249 e. The van der Waals surface area contributed by atoms with E-state index in [9.17, 15) is 4.79 Å². The number of hydrogen-bond acceptors (Lipinski definition) is 5. The van der Waals surface area contributed by atoms with E-state index in [1.54, 1.807) is 6.07 Å². The molecular weight excluding hydrogens is 400 g/mol. The number of hydrogen-bond donors (Lipinski definition) is 1. The maximum atomic E-state index is 11.5. The quantitative estimate of drug-likeness (QED) is 0.450. The highest BCUT2D eigenvalue weighted by Crippen LogP contribution is 2.27. The fourth-order valence-electron chi connectivity index (χ4n) is 4.40. The van der Waals surface area contributed by atoms with Gasteiger partial charge in [0.25, 0.3) is 0 Å². The second-order valence-corrected chi connectivity index (χ2v) is 8.29. The lowest BCUT2D eigenvalue weighted by Crippen LogP contribution is -2.46. The highest BCUT2D eigenvalue weighted by atomic mass is 16.5. The molecule has 0 unspecified atom stereocenters. The SMILES string of the molecule is O=c1ccc2ccc(OCCCCN3CCN(c4cccc5ccccc45)CC3)nc2[nH]1. The van der Waals surface area contributed by atoms with Crippen molar-refractivity contribution in [2.24, 2.45) is 0 Å². The first-order valence-corrected chi connectivity index (χ1v) is 11.3. The van der Waals surface area contributed by atoms with E-state index in [0.29, 0.717) is 18.1 Å². The molecule has 164 valence electrons. The minimum absolute atomic E-state index is 0.150. The predicted molar refractivity (Wildman–Crippen MR) is 130 cm³/mol. The van der Waals surface area contributed by atoms with Gasteiger partial charge in [-0.1, -0.05) is 36.4 Å². The summed E-state index contributed by atoms with van der Waals surface area (Å²) in [5.41, 5.74) is 1.77. The summed E-state index contributed by atoms with van der Waals surface area (Å²) in [6.07, 6.45) is 2.08. The van der Waals surface area contributed by atoms with Gasteiger partial charge in [-0.2, -0.15) is 4.98 Å². The van der Waals surface area contributed by atoms with Crippen molar-refractivity contribution in [2.45, 2.75) is 12.8 Å². The standard InChI is InChI=1S/C26H28N4O2/c31-24-12-10-21-11-13-25(28-26(21)27-24)32-19-4-3-14-29-15-17-30(18-16-29)23-9-5-7-20-6-1-2-8-22(20)23/h1-2,5-13H,3-4,14-19H2,(H,27,28,31). The fourth-order valence-corrected chi connectivity index (χ4v) is 4.40. The first-order valence-electron chi connectivity index (χ1n) is 11.3. The van der Waals surface area contributed by atoms with E-state index in [1.807, 2.05) is 12.1 Å². The average molecular weight is 429 g/mol. The first kappa shape index (κ1) is 20.5. The van der Waals surface area contributed by atoms with Crippen LogP contribution in [0.5, 0.6) is 5.88 Å². The highest BCUT2D eigenvalue weighted by Gasteiger charge is 2.18. The molecule has 2 aromatic heterocycles. The van der Waals surface area contributed by atoms with Gasteiger partial charge >= 0.3 is 0 Å². The number of unbranched alkanes of at least 4 members (excludes halogenated alkanes) is 1. The molecule has 0 saturated carbocycles. The minimum atomic E-state index is -0.150. The van der Waals surface area contributed by atoms with Crippen LogP contribution < -0.4 is 15.2 Å². The topological polar surface area (TPSA) is 61.5 Å². The van der Waals surface area contributed by atoms with E-state index in [-0.39, 0.29) is 5.56 Å². The van der Waals surface area contributed by atoms with Crippen molar-refractivity contribution in [3.05, 3.63) is 77.1 Å². The molecule has 0 spiro atoms. The molecule has 6 nitrogen and oxygen atoms in total. The third-order valence-corrected chi connectivity index (χ3v) is 6.15. The summed E-state index contributed by atoms with van der Waals surface area (Å²) in [7, 11) is 0. The molecule has 1 fully saturated rings. The summed E-state index contributed by atoms with van der Waals surface area (Å²) in [4.78, 5) is 23.6. The number of benzene rings is 2. The van der Waals surface area contributed by atoms with Gasteiger partial charge in [-0.25, -0.2) is 0 Å². The molecule has 0 amide bonds. The van der Waals surface area contributed by atoms with Crippen LogP contribution in [-0.4, -0.2) is 54.2 Å². The lowest BCUT2D eigenvalue weighted by atomic mass is 10.1. The number of rotatable bonds is 7. The van der Waals surface area contributed by atoms with Crippen LogP contribution in [0.15, 0.2) is 71.5 Å². The Morgan fingerprint density at radius 1 is 0.844 bits per heavy atom. The zero-order valence-corrected chi connectivity index (χ0v) is 18.2. The second-order valence-electron chi connectivity index (χ2n) is 8.29. The van der Waals surface area contributed by atoms with Crippen LogP contribution in [0.25, 0.3) is 21.8 Å². The molecule has 1 N–H and O–H groups in total. The van der Waals surface area contributed by atoms with Gasteiger partial charge in [0, 0.05) is 54.8 Å². The van der Waals surface area contributed by atoms with Crippen molar-refractivity contribution in [3.8, 4) is 5.88 Å². The van der Waals surface area contributed by atoms with Crippen LogP contribution >= 0.6 is 0 Å². The van der Waals surface area contributed by atoms with E-state index in [4.69, 9.17) is 4.74 Å². The predicted octanol–water partition coefficient (Wildman–Crippen LogP) is 4.06. The molecule has 3 heterocycles. The summed E-state index contributed by atoms with van der Waals surface area (Å²) < 4.78 is 5.80. The van der Waals surface area contributed by atoms with E-state index in [0.717, 1.165) is 51.0 Å². The third kappa shape index (κ3) is 4.60. The summed E-state index contributed by atoms with van der Waals surface area (Å²) >= 11 is 0. The monoisotopic (exact) mass is 428 g/mol. The molecule has 5 rings (SSSR count). The van der Waals surface area contributed by atoms with Crippen LogP contribution in [0.3, 0.4) is 0 Å². The normalized spacial score (nSPS) is 14.8. The van der Waals surface area contributed by atoms with Gasteiger partial charge in [-0.05, 0) is 43.0 Å². The van der Waals surface area contributed by atoms with E-state index in [2.05, 4.69) is 62.2 Å². The number of pyridine rings is 2. The average Bonchev–Trinajstić information content (AvgIpc) is 2.83. The molecule has 0 bridgehead atoms. The Bertz CT molecular complexity index is 1260. The second kappa shape index (κ2) is 9.40. The van der Waals surface area contributed by atoms with Crippen molar-refractivity contribution in [1.29, 1.82) is 0 Å². The fraction of sp³-hybridized carbons (Fsp3) is 0.308. The van der Waals surface area contributed by atoms with Gasteiger partial charge in [0.05, 0.1) is 6.61 Å². The Labute approximate surface area is 187 Å². The van der Waals surface area contributed by atoms with E-state index < -0.39 is 0 Å². The van der Waals surface area contributed by atoms with Crippen molar-refractivity contribution in [2.75, 3.05) is 44.2 Å². The lowest BCUT2D eigenvalue weighted by Gasteiger charge is -2.36.